The van der Waals surface area contributed by atoms with Crippen LogP contribution in [0.25, 0.3) is 10.8 Å². The van der Waals surface area contributed by atoms with Crippen molar-refractivity contribution in [1.82, 2.24) is 0 Å². The number of benzene rings is 2. The Hall–Kier alpha value is -1.31. The van der Waals surface area contributed by atoms with Gasteiger partial charge in [-0.2, -0.15) is 0 Å². The summed E-state index contributed by atoms with van der Waals surface area (Å²) in [5, 5.41) is 5.41. The Kier molecular flexibility index (Phi) is 3.11. The Morgan fingerprint density at radius 3 is 2.89 bits per heavy atom. The zero-order chi connectivity index (χ0) is 12.5. The Morgan fingerprint density at radius 2 is 2.17 bits per heavy atom. The number of rotatable bonds is 3. The molecular weight excluding hydrogens is 269 g/mol. The molecule has 5 heteroatoms. The molecule has 0 aliphatic carbocycles. The van der Waals surface area contributed by atoms with Crippen LogP contribution in [0.2, 0.25) is 0 Å². The van der Waals surface area contributed by atoms with Crippen molar-refractivity contribution < 1.29 is 9.09 Å². The van der Waals surface area contributed by atoms with Crippen LogP contribution in [0.3, 0.4) is 0 Å². The van der Waals surface area contributed by atoms with Gasteiger partial charge in [-0.15, -0.1) is 11.6 Å². The lowest BCUT2D eigenvalue weighted by Crippen LogP contribution is -2.02. The highest BCUT2D eigenvalue weighted by Gasteiger charge is 2.25. The third-order valence-corrected chi connectivity index (χ3v) is 3.96. The van der Waals surface area contributed by atoms with E-state index < -0.39 is 0 Å². The smallest absolute Gasteiger partial charge is 0.395 e. The predicted molar refractivity (Wildman–Crippen MR) is 74.1 cm³/mol. The molecule has 0 aromatic heterocycles. The van der Waals surface area contributed by atoms with Crippen molar-refractivity contribution in [2.75, 3.05) is 17.7 Å². The van der Waals surface area contributed by atoms with Crippen LogP contribution in [0.5, 0.6) is 5.75 Å². The molecule has 1 aliphatic heterocycles. The van der Waals surface area contributed by atoms with Crippen LogP contribution in [-0.2, 0) is 4.57 Å². The molecule has 2 aromatic rings. The van der Waals surface area contributed by atoms with Gasteiger partial charge in [0.2, 0.25) is 0 Å². The Bertz CT molecular complexity index is 617. The van der Waals surface area contributed by atoms with E-state index in [1.165, 1.54) is 5.56 Å². The number of alkyl halides is 1. The van der Waals surface area contributed by atoms with E-state index in [2.05, 4.69) is 11.4 Å². The standard InChI is InChI=1S/C13H11ClNO2P/c14-6-8-7-15-11-5-12(17-18-16)9-3-1-2-4-10(9)13(8)11/h1-5,8,15H,6-7H2/t8-/m1/s1. The second-order valence-electron chi connectivity index (χ2n) is 4.28. The quantitative estimate of drug-likeness (QED) is 0.677. The number of halogens is 1. The summed E-state index contributed by atoms with van der Waals surface area (Å²) in [6.45, 7) is 0.835. The fraction of sp³-hybridized carbons (Fsp3) is 0.231. The van der Waals surface area contributed by atoms with E-state index in [4.69, 9.17) is 16.1 Å². The first-order chi connectivity index (χ1) is 8.85. The maximum atomic E-state index is 10.7. The van der Waals surface area contributed by atoms with Crippen molar-refractivity contribution >= 4 is 36.7 Å². The molecule has 1 heterocycles. The number of hydrogen-bond acceptors (Lipinski definition) is 3. The fourth-order valence-corrected chi connectivity index (χ4v) is 3.03. The summed E-state index contributed by atoms with van der Waals surface area (Å²) >= 11 is 6.01. The summed E-state index contributed by atoms with van der Waals surface area (Å²) in [5.74, 6) is 1.53. The first kappa shape index (κ1) is 11.8. The first-order valence-electron chi connectivity index (χ1n) is 5.70. The minimum atomic E-state index is -0.339. The van der Waals surface area contributed by atoms with Crippen LogP contribution >= 0.6 is 20.3 Å². The summed E-state index contributed by atoms with van der Waals surface area (Å²) in [5.41, 5.74) is 2.26. The molecule has 3 nitrogen and oxygen atoms in total. The molecule has 1 atom stereocenters. The molecule has 0 radical (unpaired) electrons. The number of nitrogens with one attached hydrogen (secondary N) is 1. The highest BCUT2D eigenvalue weighted by atomic mass is 35.5. The van der Waals surface area contributed by atoms with E-state index >= 15 is 0 Å². The van der Waals surface area contributed by atoms with E-state index in [0.29, 0.717) is 17.5 Å². The van der Waals surface area contributed by atoms with Crippen molar-refractivity contribution in [3.8, 4) is 5.75 Å². The largest absolute Gasteiger partial charge is 0.407 e. The Labute approximate surface area is 111 Å². The molecule has 0 unspecified atom stereocenters. The van der Waals surface area contributed by atoms with Gasteiger partial charge < -0.3 is 9.84 Å². The first-order valence-corrected chi connectivity index (χ1v) is 6.96. The predicted octanol–water partition coefficient (Wildman–Crippen LogP) is 4.17. The molecular formula is C13H11ClNO2P. The average molecular weight is 280 g/mol. The number of hydrogen-bond donors (Lipinski definition) is 1. The monoisotopic (exact) mass is 279 g/mol. The zero-order valence-corrected chi connectivity index (χ0v) is 11.2. The molecule has 92 valence electrons. The second kappa shape index (κ2) is 4.75. The van der Waals surface area contributed by atoms with Gasteiger partial charge in [-0.1, -0.05) is 24.3 Å². The van der Waals surface area contributed by atoms with Crippen LogP contribution < -0.4 is 9.84 Å². The van der Waals surface area contributed by atoms with Crippen molar-refractivity contribution in [2.24, 2.45) is 0 Å². The van der Waals surface area contributed by atoms with Crippen LogP contribution in [-0.4, -0.2) is 12.4 Å². The summed E-state index contributed by atoms with van der Waals surface area (Å²) in [6, 6.07) is 9.86. The molecule has 0 saturated carbocycles. The van der Waals surface area contributed by atoms with Gasteiger partial charge in [-0.3, -0.25) is 0 Å². The molecule has 1 N–H and O–H groups in total. The minimum Gasteiger partial charge on any atom is -0.407 e. The normalized spacial score (nSPS) is 17.7. The van der Waals surface area contributed by atoms with Crippen LogP contribution in [0, 0.1) is 0 Å². The molecule has 2 aromatic carbocycles. The summed E-state index contributed by atoms with van der Waals surface area (Å²) in [4.78, 5) is 0. The lowest BCUT2D eigenvalue weighted by molar-refractivity contribution is 0.528. The SMILES string of the molecule is O=POc1cc2c(c3ccccc13)[C@H](CCl)CN2. The van der Waals surface area contributed by atoms with E-state index in [0.717, 1.165) is 23.0 Å². The summed E-state index contributed by atoms with van der Waals surface area (Å²) in [6.07, 6.45) is 0. The molecule has 0 spiro atoms. The van der Waals surface area contributed by atoms with E-state index in [1.54, 1.807) is 0 Å². The van der Waals surface area contributed by atoms with Gasteiger partial charge in [-0.05, 0) is 10.9 Å². The van der Waals surface area contributed by atoms with E-state index in [1.807, 2.05) is 24.3 Å². The third kappa shape index (κ3) is 1.75. The van der Waals surface area contributed by atoms with Crippen LogP contribution in [0.1, 0.15) is 11.5 Å². The van der Waals surface area contributed by atoms with E-state index in [-0.39, 0.29) is 8.69 Å². The summed E-state index contributed by atoms with van der Waals surface area (Å²) in [7, 11) is -0.339. The molecule has 0 amide bonds. The molecule has 1 aliphatic rings. The van der Waals surface area contributed by atoms with Gasteiger partial charge in [-0.25, -0.2) is 4.57 Å². The van der Waals surface area contributed by atoms with Gasteiger partial charge in [0.1, 0.15) is 5.75 Å². The molecule has 0 bridgehead atoms. The number of anilines is 1. The highest BCUT2D eigenvalue weighted by molar-refractivity contribution is 7.17. The van der Waals surface area contributed by atoms with Gasteiger partial charge in [0.15, 0.2) is 0 Å². The van der Waals surface area contributed by atoms with Crippen molar-refractivity contribution in [3.63, 3.8) is 0 Å². The minimum absolute atomic E-state index is 0.311. The zero-order valence-electron chi connectivity index (χ0n) is 9.52. The van der Waals surface area contributed by atoms with Gasteiger partial charge >= 0.3 is 8.69 Å². The lowest BCUT2D eigenvalue weighted by atomic mass is 9.95. The molecule has 18 heavy (non-hydrogen) atoms. The Morgan fingerprint density at radius 1 is 1.39 bits per heavy atom. The fourth-order valence-electron chi connectivity index (χ4n) is 2.53. The van der Waals surface area contributed by atoms with Crippen LogP contribution in [0.4, 0.5) is 5.69 Å². The van der Waals surface area contributed by atoms with Crippen molar-refractivity contribution in [1.29, 1.82) is 0 Å². The number of fused-ring (bicyclic) bond motifs is 3. The van der Waals surface area contributed by atoms with Gasteiger partial charge in [0.25, 0.3) is 0 Å². The third-order valence-electron chi connectivity index (χ3n) is 3.32. The average Bonchev–Trinajstić information content (AvgIpc) is 2.82. The molecule has 3 rings (SSSR count). The lowest BCUT2D eigenvalue weighted by Gasteiger charge is -2.12. The van der Waals surface area contributed by atoms with Gasteiger partial charge in [0.05, 0.1) is 0 Å². The molecule has 0 fully saturated rings. The van der Waals surface area contributed by atoms with Crippen LogP contribution in [0.15, 0.2) is 30.3 Å². The van der Waals surface area contributed by atoms with E-state index in [9.17, 15) is 4.57 Å². The second-order valence-corrected chi connectivity index (χ2v) is 4.92. The maximum Gasteiger partial charge on any atom is 0.395 e. The van der Waals surface area contributed by atoms with Crippen molar-refractivity contribution in [3.05, 3.63) is 35.9 Å². The van der Waals surface area contributed by atoms with Crippen molar-refractivity contribution in [2.45, 2.75) is 5.92 Å². The maximum absolute atomic E-state index is 10.7. The molecule has 0 saturated heterocycles. The van der Waals surface area contributed by atoms with Gasteiger partial charge in [0, 0.05) is 35.5 Å². The summed E-state index contributed by atoms with van der Waals surface area (Å²) < 4.78 is 15.8. The topological polar surface area (TPSA) is 38.3 Å². The highest BCUT2D eigenvalue weighted by Crippen LogP contribution is 2.42. The Balaban J connectivity index is 2.30.